The Morgan fingerprint density at radius 1 is 1.54 bits per heavy atom. The van der Waals surface area contributed by atoms with Gasteiger partial charge in [0.25, 0.3) is 0 Å². The van der Waals surface area contributed by atoms with Crippen molar-refractivity contribution in [2.75, 3.05) is 5.75 Å². The third-order valence-corrected chi connectivity index (χ3v) is 3.74. The van der Waals surface area contributed by atoms with E-state index in [2.05, 4.69) is 13.0 Å². The van der Waals surface area contributed by atoms with E-state index in [1.807, 2.05) is 17.8 Å². The molecule has 0 aliphatic carbocycles. The smallest absolute Gasteiger partial charge is 0.0452 e. The van der Waals surface area contributed by atoms with Crippen LogP contribution in [0.25, 0.3) is 0 Å². The molecule has 3 heteroatoms. The fourth-order valence-electron chi connectivity index (χ4n) is 1.66. The van der Waals surface area contributed by atoms with Gasteiger partial charge in [0.15, 0.2) is 0 Å². The minimum atomic E-state index is 0.158. The van der Waals surface area contributed by atoms with E-state index in [-0.39, 0.29) is 6.04 Å². The summed E-state index contributed by atoms with van der Waals surface area (Å²) in [5.41, 5.74) is 9.68. The summed E-state index contributed by atoms with van der Waals surface area (Å²) in [5, 5.41) is 0.873. The van der Waals surface area contributed by atoms with Crippen LogP contribution in [0, 0.1) is 6.92 Å². The number of rotatable bonds is 0. The molecule has 2 N–H and O–H groups in total. The maximum atomic E-state index is 6.14. The molecular weight excluding hydrogens is 202 g/mol. The van der Waals surface area contributed by atoms with Crippen molar-refractivity contribution < 1.29 is 0 Å². The minimum Gasteiger partial charge on any atom is -0.323 e. The standard InChI is InChI=1S/C10H12ClNS/c1-6-2-7-8(9(11)3-6)4-13-5-10(7)12/h2-3,10H,4-5,12H2,1H3/t10-/m0/s1. The SMILES string of the molecule is Cc1cc(Cl)c2c(c1)[C@@H](N)CSC2. The maximum Gasteiger partial charge on any atom is 0.0452 e. The Hall–Kier alpha value is -0.180. The lowest BCUT2D eigenvalue weighted by Gasteiger charge is -2.23. The van der Waals surface area contributed by atoms with Crippen LogP contribution in [0.2, 0.25) is 5.02 Å². The summed E-state index contributed by atoms with van der Waals surface area (Å²) in [7, 11) is 0. The minimum absolute atomic E-state index is 0.158. The molecular formula is C10H12ClNS. The molecule has 0 saturated carbocycles. The van der Waals surface area contributed by atoms with Crippen LogP contribution in [0.15, 0.2) is 12.1 Å². The van der Waals surface area contributed by atoms with Crippen molar-refractivity contribution in [3.05, 3.63) is 33.8 Å². The number of thioether (sulfide) groups is 1. The quantitative estimate of drug-likeness (QED) is 0.717. The fourth-order valence-corrected chi connectivity index (χ4v) is 3.16. The third kappa shape index (κ3) is 1.71. The average molecular weight is 214 g/mol. The highest BCUT2D eigenvalue weighted by atomic mass is 35.5. The highest BCUT2D eigenvalue weighted by Gasteiger charge is 2.19. The average Bonchev–Trinajstić information content (AvgIpc) is 2.07. The van der Waals surface area contributed by atoms with Gasteiger partial charge in [0.1, 0.15) is 0 Å². The molecule has 1 aromatic carbocycles. The van der Waals surface area contributed by atoms with E-state index in [9.17, 15) is 0 Å². The molecule has 1 aliphatic heterocycles. The highest BCUT2D eigenvalue weighted by molar-refractivity contribution is 7.98. The van der Waals surface area contributed by atoms with E-state index in [0.717, 1.165) is 16.5 Å². The number of nitrogens with two attached hydrogens (primary N) is 1. The normalized spacial score (nSPS) is 21.3. The van der Waals surface area contributed by atoms with Crippen molar-refractivity contribution in [1.29, 1.82) is 0 Å². The zero-order valence-corrected chi connectivity index (χ0v) is 9.08. The second-order valence-corrected chi connectivity index (χ2v) is 4.87. The van der Waals surface area contributed by atoms with Gasteiger partial charge in [0.2, 0.25) is 0 Å². The number of aryl methyl sites for hydroxylation is 1. The van der Waals surface area contributed by atoms with Crippen LogP contribution in [0.1, 0.15) is 22.7 Å². The Morgan fingerprint density at radius 3 is 3.08 bits per heavy atom. The van der Waals surface area contributed by atoms with E-state index in [1.54, 1.807) is 0 Å². The lowest BCUT2D eigenvalue weighted by molar-refractivity contribution is 0.808. The molecule has 13 heavy (non-hydrogen) atoms. The number of hydrogen-bond acceptors (Lipinski definition) is 2. The van der Waals surface area contributed by atoms with Crippen LogP contribution in [-0.4, -0.2) is 5.75 Å². The van der Waals surface area contributed by atoms with Crippen molar-refractivity contribution in [3.63, 3.8) is 0 Å². The summed E-state index contributed by atoms with van der Waals surface area (Å²) in [6.45, 7) is 2.06. The van der Waals surface area contributed by atoms with Gasteiger partial charge >= 0.3 is 0 Å². The fraction of sp³-hybridized carbons (Fsp3) is 0.400. The Kier molecular flexibility index (Phi) is 2.54. The summed E-state index contributed by atoms with van der Waals surface area (Å²) in [5.74, 6) is 2.01. The first-order valence-corrected chi connectivity index (χ1v) is 5.84. The molecule has 0 spiro atoms. The Labute approximate surface area is 87.7 Å². The first kappa shape index (κ1) is 9.38. The molecule has 70 valence electrons. The monoisotopic (exact) mass is 213 g/mol. The molecule has 1 aliphatic rings. The van der Waals surface area contributed by atoms with Crippen molar-refractivity contribution in [2.45, 2.75) is 18.7 Å². The summed E-state index contributed by atoms with van der Waals surface area (Å²) in [4.78, 5) is 0. The first-order chi connectivity index (χ1) is 6.18. The van der Waals surface area contributed by atoms with Crippen molar-refractivity contribution in [2.24, 2.45) is 5.73 Å². The Bertz CT molecular complexity index is 338. The van der Waals surface area contributed by atoms with Gasteiger partial charge in [-0.05, 0) is 29.7 Å². The molecule has 0 unspecified atom stereocenters. The number of halogens is 1. The van der Waals surface area contributed by atoms with Gasteiger partial charge in [-0.15, -0.1) is 0 Å². The summed E-state index contributed by atoms with van der Waals surface area (Å²) in [6.07, 6.45) is 0. The summed E-state index contributed by atoms with van der Waals surface area (Å²) >= 11 is 8.00. The predicted octanol–water partition coefficient (Wildman–Crippen LogP) is 2.90. The lowest BCUT2D eigenvalue weighted by atomic mass is 10.00. The van der Waals surface area contributed by atoms with E-state index in [0.29, 0.717) is 0 Å². The molecule has 1 atom stereocenters. The molecule has 0 amide bonds. The Morgan fingerprint density at radius 2 is 2.31 bits per heavy atom. The molecule has 0 radical (unpaired) electrons. The molecule has 2 rings (SSSR count). The van der Waals surface area contributed by atoms with Gasteiger partial charge in [-0.2, -0.15) is 11.8 Å². The second-order valence-electron chi connectivity index (χ2n) is 3.44. The van der Waals surface area contributed by atoms with Crippen LogP contribution in [0.5, 0.6) is 0 Å². The van der Waals surface area contributed by atoms with Crippen LogP contribution >= 0.6 is 23.4 Å². The molecule has 1 aromatic rings. The van der Waals surface area contributed by atoms with Crippen LogP contribution in [-0.2, 0) is 5.75 Å². The van der Waals surface area contributed by atoms with Gasteiger partial charge in [-0.25, -0.2) is 0 Å². The second kappa shape index (κ2) is 3.52. The topological polar surface area (TPSA) is 26.0 Å². The zero-order valence-electron chi connectivity index (χ0n) is 7.51. The highest BCUT2D eigenvalue weighted by Crippen LogP contribution is 2.35. The first-order valence-electron chi connectivity index (χ1n) is 4.30. The van der Waals surface area contributed by atoms with Crippen molar-refractivity contribution >= 4 is 23.4 Å². The molecule has 0 saturated heterocycles. The molecule has 1 heterocycles. The van der Waals surface area contributed by atoms with E-state index >= 15 is 0 Å². The molecule has 0 aromatic heterocycles. The van der Waals surface area contributed by atoms with Crippen LogP contribution in [0.3, 0.4) is 0 Å². The lowest BCUT2D eigenvalue weighted by Crippen LogP contribution is -2.19. The van der Waals surface area contributed by atoms with Gasteiger partial charge in [0, 0.05) is 22.6 Å². The van der Waals surface area contributed by atoms with Gasteiger partial charge in [0.05, 0.1) is 0 Å². The number of benzene rings is 1. The van der Waals surface area contributed by atoms with Crippen molar-refractivity contribution in [1.82, 2.24) is 0 Å². The largest absolute Gasteiger partial charge is 0.323 e. The van der Waals surface area contributed by atoms with Crippen LogP contribution < -0.4 is 5.73 Å². The van der Waals surface area contributed by atoms with Crippen LogP contribution in [0.4, 0.5) is 0 Å². The summed E-state index contributed by atoms with van der Waals surface area (Å²) in [6, 6.07) is 4.33. The number of hydrogen-bond donors (Lipinski definition) is 1. The van der Waals surface area contributed by atoms with Crippen molar-refractivity contribution in [3.8, 4) is 0 Å². The number of fused-ring (bicyclic) bond motifs is 1. The molecule has 0 bridgehead atoms. The maximum absolute atomic E-state index is 6.14. The molecule has 0 fully saturated rings. The van der Waals surface area contributed by atoms with Gasteiger partial charge in [-0.3, -0.25) is 0 Å². The van der Waals surface area contributed by atoms with E-state index in [4.69, 9.17) is 17.3 Å². The van der Waals surface area contributed by atoms with E-state index < -0.39 is 0 Å². The van der Waals surface area contributed by atoms with E-state index in [1.165, 1.54) is 16.7 Å². The van der Waals surface area contributed by atoms with Gasteiger partial charge in [-0.1, -0.05) is 17.7 Å². The predicted molar refractivity (Wildman–Crippen MR) is 59.3 cm³/mol. The zero-order chi connectivity index (χ0) is 9.42. The molecule has 1 nitrogen and oxygen atoms in total. The third-order valence-electron chi connectivity index (χ3n) is 2.32. The van der Waals surface area contributed by atoms with Gasteiger partial charge < -0.3 is 5.73 Å². The Balaban J connectivity index is 2.56. The summed E-state index contributed by atoms with van der Waals surface area (Å²) < 4.78 is 0.